The van der Waals surface area contributed by atoms with E-state index >= 15 is 0 Å². The van der Waals surface area contributed by atoms with Crippen LogP contribution in [0.4, 0.5) is 13.2 Å². The molecule has 1 N–H and O–H groups in total. The summed E-state index contributed by atoms with van der Waals surface area (Å²) in [5, 5.41) is 6.05. The van der Waals surface area contributed by atoms with E-state index in [4.69, 9.17) is 0 Å². The Kier molecular flexibility index (Phi) is 4.79. The maximum absolute atomic E-state index is 12.9. The highest BCUT2D eigenvalue weighted by atomic mass is 32.2. The van der Waals surface area contributed by atoms with E-state index in [2.05, 4.69) is 15.2 Å². The van der Waals surface area contributed by atoms with E-state index in [-0.39, 0.29) is 18.5 Å². The second-order valence-corrected chi connectivity index (χ2v) is 7.47. The van der Waals surface area contributed by atoms with E-state index in [0.717, 1.165) is 28.8 Å². The summed E-state index contributed by atoms with van der Waals surface area (Å²) in [6, 6.07) is 4.90. The summed E-state index contributed by atoms with van der Waals surface area (Å²) in [6.07, 6.45) is -2.57. The molecule has 1 aliphatic heterocycles. The molecular weight excluding hydrogens is 403 g/mol. The lowest BCUT2D eigenvalue weighted by Gasteiger charge is -2.15. The van der Waals surface area contributed by atoms with E-state index < -0.39 is 38.2 Å². The Morgan fingerprint density at radius 3 is 2.32 bits per heavy atom. The zero-order chi connectivity index (χ0) is 20.6. The van der Waals surface area contributed by atoms with E-state index in [1.807, 2.05) is 0 Å². The maximum atomic E-state index is 12.9. The van der Waals surface area contributed by atoms with Crippen molar-refractivity contribution < 1.29 is 26.4 Å². The van der Waals surface area contributed by atoms with Crippen LogP contribution in [0, 0.1) is 0 Å². The van der Waals surface area contributed by atoms with Gasteiger partial charge in [0.25, 0.3) is 15.6 Å². The minimum atomic E-state index is -4.73. The third kappa shape index (κ3) is 3.78. The molecule has 0 fully saturated rings. The van der Waals surface area contributed by atoms with Crippen molar-refractivity contribution in [1.29, 1.82) is 0 Å². The van der Waals surface area contributed by atoms with Gasteiger partial charge >= 0.3 is 11.8 Å². The topological polar surface area (TPSA) is 123 Å². The second-order valence-electron chi connectivity index (χ2n) is 5.78. The molecule has 148 valence electrons. The van der Waals surface area contributed by atoms with Crippen LogP contribution in [0.5, 0.6) is 0 Å². The number of halogens is 3. The van der Waals surface area contributed by atoms with Crippen molar-refractivity contribution in [3.05, 3.63) is 58.8 Å². The van der Waals surface area contributed by atoms with Crippen molar-refractivity contribution in [1.82, 2.24) is 14.3 Å². The largest absolute Gasteiger partial charge is 0.442 e. The fourth-order valence-corrected chi connectivity index (χ4v) is 3.35. The molecule has 1 aromatic carbocycles. The summed E-state index contributed by atoms with van der Waals surface area (Å²) in [7, 11) is -4.30. The number of carbonyl (C=O) groups excluding carboxylic acids is 1. The van der Waals surface area contributed by atoms with Gasteiger partial charge in [-0.2, -0.15) is 13.2 Å². The van der Waals surface area contributed by atoms with Gasteiger partial charge in [0.2, 0.25) is 5.91 Å². The van der Waals surface area contributed by atoms with Crippen LogP contribution in [0.15, 0.2) is 62.8 Å². The Morgan fingerprint density at radius 1 is 1.14 bits per heavy atom. The first-order valence-corrected chi connectivity index (χ1v) is 9.21. The van der Waals surface area contributed by atoms with Gasteiger partial charge in [0.1, 0.15) is 0 Å². The molecule has 2 heterocycles. The van der Waals surface area contributed by atoms with Crippen LogP contribution in [0.3, 0.4) is 0 Å². The second kappa shape index (κ2) is 6.82. The Labute approximate surface area is 156 Å². The normalized spacial score (nSPS) is 15.2. The third-order valence-corrected chi connectivity index (χ3v) is 5.27. The summed E-state index contributed by atoms with van der Waals surface area (Å²) in [6.45, 7) is -0.0932. The summed E-state index contributed by atoms with van der Waals surface area (Å²) >= 11 is 0. The summed E-state index contributed by atoms with van der Waals surface area (Å²) < 4.78 is 66.2. The number of rotatable bonds is 6. The minimum Gasteiger partial charge on any atom is -0.299 e. The predicted molar refractivity (Wildman–Crippen MR) is 87.5 cm³/mol. The molecule has 0 saturated carbocycles. The van der Waals surface area contributed by atoms with Gasteiger partial charge in [-0.15, -0.1) is 10.2 Å². The van der Waals surface area contributed by atoms with Gasteiger partial charge < -0.3 is 0 Å². The average molecular weight is 415 g/mol. The van der Waals surface area contributed by atoms with Gasteiger partial charge in [0.15, 0.2) is 0 Å². The van der Waals surface area contributed by atoms with Crippen LogP contribution < -0.4 is 10.3 Å². The zero-order valence-electron chi connectivity index (χ0n) is 13.9. The molecule has 13 heteroatoms. The molecule has 1 aliphatic rings. The maximum Gasteiger partial charge on any atom is 0.442 e. The van der Waals surface area contributed by atoms with Crippen LogP contribution in [0.1, 0.15) is 12.0 Å². The van der Waals surface area contributed by atoms with Gasteiger partial charge in [-0.05, 0) is 12.1 Å². The van der Waals surface area contributed by atoms with Crippen molar-refractivity contribution in [3.8, 4) is 0 Å². The van der Waals surface area contributed by atoms with Gasteiger partial charge in [0.05, 0.1) is 11.2 Å². The fraction of sp³-hybridized carbons (Fsp3) is 0.267. The molecule has 1 aromatic heterocycles. The molecule has 0 aliphatic carbocycles. The number of amides is 1. The first-order chi connectivity index (χ1) is 13.1. The SMILES string of the molecule is O=C(CCn1cnccc1=O)NS(=O)(=O)c1ccc(C2(C(F)(F)F)N=N2)cc1. The standard InChI is InChI=1S/C15H12F3N5O4S/c16-15(17,18)14(21-22-14)10-1-3-11(4-2-10)28(26,27)20-12(24)6-8-23-9-19-7-5-13(23)25/h1-5,7,9H,6,8H2,(H,20,24). The lowest BCUT2D eigenvalue weighted by Crippen LogP contribution is -2.32. The van der Waals surface area contributed by atoms with Crippen molar-refractivity contribution in [3.63, 3.8) is 0 Å². The van der Waals surface area contributed by atoms with Gasteiger partial charge in [-0.25, -0.2) is 18.1 Å². The predicted octanol–water partition coefficient (Wildman–Crippen LogP) is 1.32. The number of nitrogens with one attached hydrogen (secondary N) is 1. The molecular formula is C15H12F3N5O4S. The molecule has 0 atom stereocenters. The molecule has 0 unspecified atom stereocenters. The molecule has 0 radical (unpaired) electrons. The zero-order valence-corrected chi connectivity index (χ0v) is 14.7. The number of hydrogen-bond acceptors (Lipinski definition) is 7. The van der Waals surface area contributed by atoms with Crippen LogP contribution in [-0.2, 0) is 27.0 Å². The number of nitrogens with zero attached hydrogens (tertiary/aromatic N) is 4. The molecule has 1 amide bonds. The van der Waals surface area contributed by atoms with Crippen LogP contribution in [0.25, 0.3) is 0 Å². The van der Waals surface area contributed by atoms with Crippen molar-refractivity contribution >= 4 is 15.9 Å². The van der Waals surface area contributed by atoms with Gasteiger partial charge in [-0.1, -0.05) is 12.1 Å². The highest BCUT2D eigenvalue weighted by molar-refractivity contribution is 7.90. The molecule has 0 bridgehead atoms. The minimum absolute atomic E-state index is 0.0932. The molecule has 28 heavy (non-hydrogen) atoms. The molecule has 3 rings (SSSR count). The van der Waals surface area contributed by atoms with Crippen molar-refractivity contribution in [2.24, 2.45) is 10.2 Å². The van der Waals surface area contributed by atoms with Crippen LogP contribution >= 0.6 is 0 Å². The Balaban J connectivity index is 1.67. The monoisotopic (exact) mass is 415 g/mol. The smallest absolute Gasteiger partial charge is 0.299 e. The van der Waals surface area contributed by atoms with Crippen LogP contribution in [0.2, 0.25) is 0 Å². The number of alkyl halides is 3. The number of benzene rings is 1. The van der Waals surface area contributed by atoms with E-state index in [1.54, 1.807) is 4.72 Å². The fourth-order valence-electron chi connectivity index (χ4n) is 2.34. The quantitative estimate of drug-likeness (QED) is 0.762. The van der Waals surface area contributed by atoms with Gasteiger partial charge in [-0.3, -0.25) is 14.2 Å². The highest BCUT2D eigenvalue weighted by Crippen LogP contribution is 2.52. The Morgan fingerprint density at radius 2 is 1.79 bits per heavy atom. The molecule has 0 saturated heterocycles. The lowest BCUT2D eigenvalue weighted by molar-refractivity contribution is -0.166. The Bertz CT molecular complexity index is 1090. The molecule has 2 aromatic rings. The van der Waals surface area contributed by atoms with E-state index in [1.165, 1.54) is 18.6 Å². The first-order valence-electron chi connectivity index (χ1n) is 7.73. The van der Waals surface area contributed by atoms with Gasteiger partial charge in [0, 0.05) is 30.8 Å². The average Bonchev–Trinajstić information content (AvgIpc) is 3.43. The molecule has 9 nitrogen and oxygen atoms in total. The molecule has 0 spiro atoms. The Hall–Kier alpha value is -3.09. The number of sulfonamides is 1. The summed E-state index contributed by atoms with van der Waals surface area (Å²) in [5.74, 6) is -0.890. The first kappa shape index (κ1) is 19.7. The van der Waals surface area contributed by atoms with Crippen LogP contribution in [-0.4, -0.2) is 30.1 Å². The number of carbonyl (C=O) groups is 1. The summed E-state index contributed by atoms with van der Waals surface area (Å²) in [5.41, 5.74) is -3.40. The number of hydrogen-bond donors (Lipinski definition) is 1. The van der Waals surface area contributed by atoms with E-state index in [0.29, 0.717) is 0 Å². The van der Waals surface area contributed by atoms with Crippen molar-refractivity contribution in [2.75, 3.05) is 0 Å². The number of aryl methyl sites for hydroxylation is 1. The van der Waals surface area contributed by atoms with Crippen molar-refractivity contribution in [2.45, 2.75) is 29.7 Å². The highest BCUT2D eigenvalue weighted by Gasteiger charge is 2.65. The summed E-state index contributed by atoms with van der Waals surface area (Å²) in [4.78, 5) is 26.7. The lowest BCUT2D eigenvalue weighted by atomic mass is 10.0. The van der Waals surface area contributed by atoms with E-state index in [9.17, 15) is 31.2 Å². The number of aromatic nitrogens is 2. The third-order valence-electron chi connectivity index (χ3n) is 3.88.